The molecule has 0 amide bonds. The number of rotatable bonds is 4. The zero-order valence-corrected chi connectivity index (χ0v) is 12.1. The largest absolute Gasteiger partial charge is 0.299 e. The second kappa shape index (κ2) is 6.23. The third kappa shape index (κ3) is 3.82. The molecule has 0 bridgehead atoms. The molecule has 0 saturated heterocycles. The molecule has 1 nitrogen and oxygen atoms in total. The van der Waals surface area contributed by atoms with Crippen LogP contribution in [-0.2, 0) is 17.6 Å². The van der Waals surface area contributed by atoms with Crippen LogP contribution < -0.4 is 0 Å². The summed E-state index contributed by atoms with van der Waals surface area (Å²) in [5.41, 5.74) is 2.99. The molecular weight excluding hydrogens is 279 g/mol. The van der Waals surface area contributed by atoms with Gasteiger partial charge in [0.2, 0.25) is 0 Å². The Morgan fingerprint density at radius 3 is 2.37 bits per heavy atom. The maximum atomic E-state index is 12.0. The topological polar surface area (TPSA) is 17.1 Å². The van der Waals surface area contributed by atoms with Gasteiger partial charge in [-0.2, -0.15) is 0 Å². The molecule has 0 aromatic heterocycles. The summed E-state index contributed by atoms with van der Waals surface area (Å²) in [6.45, 7) is 2.03. The first kappa shape index (κ1) is 14.1. The van der Waals surface area contributed by atoms with Crippen LogP contribution in [0.3, 0.4) is 0 Å². The van der Waals surface area contributed by atoms with Crippen LogP contribution in [0.4, 0.5) is 0 Å². The van der Waals surface area contributed by atoms with Crippen molar-refractivity contribution in [2.75, 3.05) is 0 Å². The summed E-state index contributed by atoms with van der Waals surface area (Å²) in [7, 11) is 0. The molecular formula is C16H14Cl2O. The van der Waals surface area contributed by atoms with Gasteiger partial charge in [0.15, 0.2) is 0 Å². The lowest BCUT2D eigenvalue weighted by Gasteiger charge is -2.05. The molecule has 19 heavy (non-hydrogen) atoms. The zero-order chi connectivity index (χ0) is 13.8. The van der Waals surface area contributed by atoms with Gasteiger partial charge in [-0.1, -0.05) is 65.2 Å². The van der Waals surface area contributed by atoms with Crippen molar-refractivity contribution in [1.82, 2.24) is 0 Å². The summed E-state index contributed by atoms with van der Waals surface area (Å²) in [5, 5.41) is 0.962. The van der Waals surface area contributed by atoms with E-state index < -0.39 is 0 Å². The quantitative estimate of drug-likeness (QED) is 0.801. The highest BCUT2D eigenvalue weighted by atomic mass is 35.5. The minimum atomic E-state index is 0.132. The lowest BCUT2D eigenvalue weighted by Crippen LogP contribution is -2.07. The Hall–Kier alpha value is -1.31. The van der Waals surface area contributed by atoms with Gasteiger partial charge < -0.3 is 0 Å². The van der Waals surface area contributed by atoms with E-state index in [9.17, 15) is 4.79 Å². The van der Waals surface area contributed by atoms with Crippen molar-refractivity contribution in [3.63, 3.8) is 0 Å². The Balaban J connectivity index is 2.05. The Labute approximate surface area is 123 Å². The predicted molar refractivity (Wildman–Crippen MR) is 80.1 cm³/mol. The standard InChI is InChI=1S/C16H14Cl2O/c1-11-5-7-12(8-6-11)9-14(19)10-13-3-2-4-15(17)16(13)18/h2-8H,9-10H2,1H3. The molecule has 3 heteroatoms. The summed E-state index contributed by atoms with van der Waals surface area (Å²) in [6, 6.07) is 13.3. The summed E-state index contributed by atoms with van der Waals surface area (Å²) >= 11 is 12.0. The predicted octanol–water partition coefficient (Wildman–Crippen LogP) is 4.66. The maximum absolute atomic E-state index is 12.0. The van der Waals surface area contributed by atoms with Gasteiger partial charge in [0.1, 0.15) is 5.78 Å². The lowest BCUT2D eigenvalue weighted by molar-refractivity contribution is -0.117. The fourth-order valence-electron chi connectivity index (χ4n) is 1.89. The number of aryl methyl sites for hydroxylation is 1. The van der Waals surface area contributed by atoms with Crippen LogP contribution in [0, 0.1) is 6.92 Å². The molecule has 0 heterocycles. The van der Waals surface area contributed by atoms with Crippen LogP contribution >= 0.6 is 23.2 Å². The zero-order valence-electron chi connectivity index (χ0n) is 10.6. The molecule has 0 fully saturated rings. The van der Waals surface area contributed by atoms with E-state index in [-0.39, 0.29) is 5.78 Å². The van der Waals surface area contributed by atoms with E-state index in [1.54, 1.807) is 6.07 Å². The van der Waals surface area contributed by atoms with Crippen molar-refractivity contribution in [2.24, 2.45) is 0 Å². The van der Waals surface area contributed by atoms with Gasteiger partial charge in [0.25, 0.3) is 0 Å². The van der Waals surface area contributed by atoms with Crippen LogP contribution in [0.25, 0.3) is 0 Å². The van der Waals surface area contributed by atoms with Crippen LogP contribution in [0.5, 0.6) is 0 Å². The van der Waals surface area contributed by atoms with E-state index in [0.29, 0.717) is 22.9 Å². The summed E-state index contributed by atoms with van der Waals surface area (Å²) < 4.78 is 0. The number of hydrogen-bond donors (Lipinski definition) is 0. The van der Waals surface area contributed by atoms with Gasteiger partial charge in [-0.05, 0) is 24.1 Å². The third-order valence-corrected chi connectivity index (χ3v) is 3.80. The van der Waals surface area contributed by atoms with Gasteiger partial charge in [-0.15, -0.1) is 0 Å². The van der Waals surface area contributed by atoms with Gasteiger partial charge in [-0.25, -0.2) is 0 Å². The van der Waals surface area contributed by atoms with Crippen molar-refractivity contribution in [3.8, 4) is 0 Å². The number of benzene rings is 2. The Kier molecular flexibility index (Phi) is 4.62. The highest BCUT2D eigenvalue weighted by Crippen LogP contribution is 2.26. The minimum absolute atomic E-state index is 0.132. The first-order valence-corrected chi connectivity index (χ1v) is 6.82. The van der Waals surface area contributed by atoms with E-state index in [1.165, 1.54) is 5.56 Å². The fourth-order valence-corrected chi connectivity index (χ4v) is 2.28. The van der Waals surface area contributed by atoms with Gasteiger partial charge in [-0.3, -0.25) is 4.79 Å². The second-order valence-electron chi connectivity index (χ2n) is 4.59. The summed E-state index contributed by atoms with van der Waals surface area (Å²) in [4.78, 5) is 12.0. The SMILES string of the molecule is Cc1ccc(CC(=O)Cc2cccc(Cl)c2Cl)cc1. The smallest absolute Gasteiger partial charge is 0.141 e. The molecule has 0 radical (unpaired) electrons. The molecule has 0 saturated carbocycles. The molecule has 2 aromatic rings. The van der Waals surface area contributed by atoms with Crippen molar-refractivity contribution < 1.29 is 4.79 Å². The first-order valence-electron chi connectivity index (χ1n) is 6.06. The Morgan fingerprint density at radius 2 is 1.68 bits per heavy atom. The molecule has 0 unspecified atom stereocenters. The van der Waals surface area contributed by atoms with Crippen LogP contribution in [0.2, 0.25) is 10.0 Å². The molecule has 0 aliphatic carbocycles. The van der Waals surface area contributed by atoms with E-state index in [4.69, 9.17) is 23.2 Å². The number of hydrogen-bond acceptors (Lipinski definition) is 1. The van der Waals surface area contributed by atoms with Gasteiger partial charge in [0, 0.05) is 12.8 Å². The van der Waals surface area contributed by atoms with Crippen LogP contribution in [0.15, 0.2) is 42.5 Å². The van der Waals surface area contributed by atoms with Crippen molar-refractivity contribution in [3.05, 3.63) is 69.2 Å². The summed E-state index contributed by atoms with van der Waals surface area (Å²) in [5.74, 6) is 0.132. The fraction of sp³-hybridized carbons (Fsp3) is 0.188. The number of Topliss-reactive ketones (excluding diaryl/α,β-unsaturated/α-hetero) is 1. The van der Waals surface area contributed by atoms with Crippen molar-refractivity contribution in [2.45, 2.75) is 19.8 Å². The summed E-state index contributed by atoms with van der Waals surface area (Å²) in [6.07, 6.45) is 0.733. The monoisotopic (exact) mass is 292 g/mol. The average Bonchev–Trinajstić information content (AvgIpc) is 2.38. The van der Waals surface area contributed by atoms with Crippen LogP contribution in [-0.4, -0.2) is 5.78 Å². The minimum Gasteiger partial charge on any atom is -0.299 e. The lowest BCUT2D eigenvalue weighted by atomic mass is 10.0. The van der Waals surface area contributed by atoms with Gasteiger partial charge >= 0.3 is 0 Å². The average molecular weight is 293 g/mol. The van der Waals surface area contributed by atoms with Crippen molar-refractivity contribution in [1.29, 1.82) is 0 Å². The number of ketones is 1. The molecule has 98 valence electrons. The molecule has 0 N–H and O–H groups in total. The maximum Gasteiger partial charge on any atom is 0.141 e. The van der Waals surface area contributed by atoms with Crippen LogP contribution in [0.1, 0.15) is 16.7 Å². The van der Waals surface area contributed by atoms with E-state index in [0.717, 1.165) is 11.1 Å². The highest BCUT2D eigenvalue weighted by molar-refractivity contribution is 6.42. The van der Waals surface area contributed by atoms with E-state index in [1.807, 2.05) is 43.3 Å². The van der Waals surface area contributed by atoms with Crippen molar-refractivity contribution >= 4 is 29.0 Å². The highest BCUT2D eigenvalue weighted by Gasteiger charge is 2.10. The molecule has 2 aromatic carbocycles. The molecule has 0 aliphatic rings. The number of carbonyl (C=O) groups excluding carboxylic acids is 1. The number of carbonyl (C=O) groups is 1. The number of halogens is 2. The van der Waals surface area contributed by atoms with E-state index >= 15 is 0 Å². The Bertz CT molecular complexity index is 588. The molecule has 0 atom stereocenters. The third-order valence-electron chi connectivity index (χ3n) is 2.94. The Morgan fingerprint density at radius 1 is 1.00 bits per heavy atom. The van der Waals surface area contributed by atoms with Gasteiger partial charge in [0.05, 0.1) is 10.0 Å². The molecule has 2 rings (SSSR count). The first-order chi connectivity index (χ1) is 9.06. The van der Waals surface area contributed by atoms with E-state index in [2.05, 4.69) is 0 Å². The molecule has 0 aliphatic heterocycles. The molecule has 0 spiro atoms. The normalized spacial score (nSPS) is 10.5. The second-order valence-corrected chi connectivity index (χ2v) is 5.38.